The Morgan fingerprint density at radius 3 is 2.10 bits per heavy atom. The van der Waals surface area contributed by atoms with Gasteiger partial charge in [-0.05, 0) is 23.6 Å². The van der Waals surface area contributed by atoms with Crippen LogP contribution in [0.1, 0.15) is 22.8 Å². The lowest BCUT2D eigenvalue weighted by Crippen LogP contribution is -2.31. The molecule has 0 radical (unpaired) electrons. The summed E-state index contributed by atoms with van der Waals surface area (Å²) in [5.41, 5.74) is 4.06. The van der Waals surface area contributed by atoms with Gasteiger partial charge in [-0.1, -0.05) is 85.8 Å². The van der Waals surface area contributed by atoms with E-state index in [1.807, 2.05) is 91.9 Å². The van der Waals surface area contributed by atoms with Gasteiger partial charge in [0.2, 0.25) is 0 Å². The molecule has 1 N–H and O–H groups in total. The minimum Gasteiger partial charge on any atom is -0.322 e. The third-order valence-corrected chi connectivity index (χ3v) is 5.23. The van der Waals surface area contributed by atoms with Crippen LogP contribution in [0.3, 0.4) is 0 Å². The summed E-state index contributed by atoms with van der Waals surface area (Å²) in [5, 5.41) is 7.48. The van der Waals surface area contributed by atoms with Crippen molar-refractivity contribution in [2.24, 2.45) is 7.05 Å². The van der Waals surface area contributed by atoms with Crippen LogP contribution in [0.2, 0.25) is 0 Å². The normalized spacial score (nSPS) is 10.6. The van der Waals surface area contributed by atoms with Crippen LogP contribution in [0.15, 0.2) is 89.7 Å². The number of hydrogen-bond donors (Lipinski definition) is 1. The fourth-order valence-electron chi connectivity index (χ4n) is 3.66. The summed E-state index contributed by atoms with van der Waals surface area (Å²) in [6.45, 7) is 2.03. The predicted octanol–water partition coefficient (Wildman–Crippen LogP) is 4.93. The zero-order valence-corrected chi connectivity index (χ0v) is 17.5. The number of benzene rings is 3. The summed E-state index contributed by atoms with van der Waals surface area (Å²) < 4.78 is 1.23. The molecule has 0 aliphatic carbocycles. The standard InChI is InChI=1S/C26H23N3O2/c1-3-18-12-10-11-17-21(18)27-25(30)23-22(19-13-6-4-7-14-19)24(28-29(2)26(23)31)20-15-8-5-9-16-20/h4-17H,3H2,1-2H3,(H,27,30). The Hall–Kier alpha value is -3.99. The van der Waals surface area contributed by atoms with Crippen molar-refractivity contribution in [1.82, 2.24) is 9.78 Å². The monoisotopic (exact) mass is 409 g/mol. The average molecular weight is 409 g/mol. The van der Waals surface area contributed by atoms with E-state index in [0.29, 0.717) is 16.9 Å². The van der Waals surface area contributed by atoms with Gasteiger partial charge in [-0.15, -0.1) is 0 Å². The Balaban J connectivity index is 1.96. The molecule has 0 fully saturated rings. The average Bonchev–Trinajstić information content (AvgIpc) is 2.81. The smallest absolute Gasteiger partial charge is 0.280 e. The number of carbonyl (C=O) groups excluding carboxylic acids is 1. The molecular weight excluding hydrogens is 386 g/mol. The number of para-hydroxylation sites is 1. The first-order valence-corrected chi connectivity index (χ1v) is 10.2. The van der Waals surface area contributed by atoms with Crippen molar-refractivity contribution in [3.63, 3.8) is 0 Å². The molecule has 154 valence electrons. The second kappa shape index (κ2) is 8.79. The van der Waals surface area contributed by atoms with E-state index in [2.05, 4.69) is 10.4 Å². The number of nitrogens with zero attached hydrogens (tertiary/aromatic N) is 2. The first kappa shape index (κ1) is 20.3. The highest BCUT2D eigenvalue weighted by Gasteiger charge is 2.24. The van der Waals surface area contributed by atoms with Crippen molar-refractivity contribution < 1.29 is 4.79 Å². The van der Waals surface area contributed by atoms with Crippen molar-refractivity contribution in [2.75, 3.05) is 5.32 Å². The van der Waals surface area contributed by atoms with E-state index in [0.717, 1.165) is 23.1 Å². The first-order chi connectivity index (χ1) is 15.1. The van der Waals surface area contributed by atoms with Gasteiger partial charge in [-0.25, -0.2) is 4.68 Å². The maximum absolute atomic E-state index is 13.5. The van der Waals surface area contributed by atoms with Crippen LogP contribution in [0.5, 0.6) is 0 Å². The number of amides is 1. The molecular formula is C26H23N3O2. The number of rotatable bonds is 5. The summed E-state index contributed by atoms with van der Waals surface area (Å²) in [4.78, 5) is 26.7. The van der Waals surface area contributed by atoms with E-state index in [4.69, 9.17) is 0 Å². The molecule has 0 aliphatic rings. The van der Waals surface area contributed by atoms with Gasteiger partial charge >= 0.3 is 0 Å². The summed E-state index contributed by atoms with van der Waals surface area (Å²) in [6, 6.07) is 26.7. The molecule has 5 heteroatoms. The Morgan fingerprint density at radius 1 is 0.871 bits per heavy atom. The molecule has 4 aromatic rings. The molecule has 4 rings (SSSR count). The highest BCUT2D eigenvalue weighted by molar-refractivity contribution is 6.10. The Bertz CT molecular complexity index is 1280. The minimum absolute atomic E-state index is 0.0773. The summed E-state index contributed by atoms with van der Waals surface area (Å²) in [6.07, 6.45) is 0.769. The van der Waals surface area contributed by atoms with Gasteiger partial charge in [0.25, 0.3) is 11.5 Å². The number of aryl methyl sites for hydroxylation is 2. The molecule has 0 saturated heterocycles. The number of hydrogen-bond acceptors (Lipinski definition) is 3. The summed E-state index contributed by atoms with van der Waals surface area (Å²) >= 11 is 0. The zero-order chi connectivity index (χ0) is 21.8. The maximum atomic E-state index is 13.5. The molecule has 0 unspecified atom stereocenters. The van der Waals surface area contributed by atoms with Gasteiger partial charge in [0.05, 0.1) is 5.69 Å². The van der Waals surface area contributed by atoms with Crippen LogP contribution in [-0.2, 0) is 13.5 Å². The van der Waals surface area contributed by atoms with Crippen LogP contribution in [0.4, 0.5) is 5.69 Å². The van der Waals surface area contributed by atoms with Crippen molar-refractivity contribution in [1.29, 1.82) is 0 Å². The Kier molecular flexibility index (Phi) is 5.76. The lowest BCUT2D eigenvalue weighted by Gasteiger charge is -2.16. The fourth-order valence-corrected chi connectivity index (χ4v) is 3.66. The van der Waals surface area contributed by atoms with E-state index in [1.54, 1.807) is 7.05 Å². The van der Waals surface area contributed by atoms with Crippen molar-refractivity contribution in [2.45, 2.75) is 13.3 Å². The molecule has 31 heavy (non-hydrogen) atoms. The quantitative estimate of drug-likeness (QED) is 0.508. The van der Waals surface area contributed by atoms with Gasteiger partial charge in [-0.3, -0.25) is 9.59 Å². The summed E-state index contributed by atoms with van der Waals surface area (Å²) in [5.74, 6) is -0.445. The molecule has 0 bridgehead atoms. The molecule has 1 amide bonds. The molecule has 0 saturated carbocycles. The van der Waals surface area contributed by atoms with E-state index >= 15 is 0 Å². The van der Waals surface area contributed by atoms with Gasteiger partial charge < -0.3 is 5.32 Å². The molecule has 0 atom stereocenters. The third kappa shape index (κ3) is 4.03. The largest absolute Gasteiger partial charge is 0.322 e. The number of aromatic nitrogens is 2. The highest BCUT2D eigenvalue weighted by atomic mass is 16.2. The van der Waals surface area contributed by atoms with Crippen LogP contribution in [0, 0.1) is 0 Å². The molecule has 1 heterocycles. The molecule has 0 spiro atoms. The topological polar surface area (TPSA) is 64.0 Å². The van der Waals surface area contributed by atoms with Gasteiger partial charge in [0, 0.05) is 23.9 Å². The van der Waals surface area contributed by atoms with Crippen LogP contribution < -0.4 is 10.9 Å². The lowest BCUT2D eigenvalue weighted by molar-refractivity contribution is 0.102. The second-order valence-electron chi connectivity index (χ2n) is 7.22. The van der Waals surface area contributed by atoms with E-state index in [1.165, 1.54) is 4.68 Å². The molecule has 3 aromatic carbocycles. The van der Waals surface area contributed by atoms with Gasteiger partial charge in [-0.2, -0.15) is 5.10 Å². The van der Waals surface area contributed by atoms with Crippen LogP contribution in [-0.4, -0.2) is 15.7 Å². The molecule has 0 aliphatic heterocycles. The van der Waals surface area contributed by atoms with Gasteiger partial charge in [0.15, 0.2) is 0 Å². The number of carbonyl (C=O) groups is 1. The van der Waals surface area contributed by atoms with Crippen molar-refractivity contribution in [3.05, 3.63) is 106 Å². The Morgan fingerprint density at radius 2 is 1.45 bits per heavy atom. The second-order valence-corrected chi connectivity index (χ2v) is 7.22. The SMILES string of the molecule is CCc1ccccc1NC(=O)c1c(-c2ccccc2)c(-c2ccccc2)nn(C)c1=O. The van der Waals surface area contributed by atoms with Crippen molar-refractivity contribution in [3.8, 4) is 22.4 Å². The van der Waals surface area contributed by atoms with Crippen LogP contribution in [0.25, 0.3) is 22.4 Å². The van der Waals surface area contributed by atoms with E-state index < -0.39 is 11.5 Å². The number of anilines is 1. The number of nitrogens with one attached hydrogen (secondary N) is 1. The zero-order valence-electron chi connectivity index (χ0n) is 17.5. The fraction of sp³-hybridized carbons (Fsp3) is 0.115. The summed E-state index contributed by atoms with van der Waals surface area (Å²) in [7, 11) is 1.57. The van der Waals surface area contributed by atoms with Crippen molar-refractivity contribution >= 4 is 11.6 Å². The first-order valence-electron chi connectivity index (χ1n) is 10.2. The molecule has 5 nitrogen and oxygen atoms in total. The third-order valence-electron chi connectivity index (χ3n) is 5.23. The van der Waals surface area contributed by atoms with E-state index in [9.17, 15) is 9.59 Å². The Labute approximate surface area is 181 Å². The lowest BCUT2D eigenvalue weighted by atomic mass is 9.95. The maximum Gasteiger partial charge on any atom is 0.280 e. The highest BCUT2D eigenvalue weighted by Crippen LogP contribution is 2.32. The van der Waals surface area contributed by atoms with E-state index in [-0.39, 0.29) is 5.56 Å². The van der Waals surface area contributed by atoms with Crippen LogP contribution >= 0.6 is 0 Å². The molecule has 1 aromatic heterocycles. The van der Waals surface area contributed by atoms with Gasteiger partial charge in [0.1, 0.15) is 5.56 Å². The minimum atomic E-state index is -0.445. The predicted molar refractivity (Wildman–Crippen MR) is 124 cm³/mol.